The van der Waals surface area contributed by atoms with Crippen LogP contribution in [0.1, 0.15) is 12.8 Å². The number of carbonyl (C=O) groups excluding carboxylic acids is 1. The first-order chi connectivity index (χ1) is 10.1. The van der Waals surface area contributed by atoms with Gasteiger partial charge in [0, 0.05) is 45.8 Å². The molecular formula is C15H30N4O2. The minimum absolute atomic E-state index is 0.103. The molecule has 6 nitrogen and oxygen atoms in total. The Bertz CT molecular complexity index is 311. The Hall–Kier alpha value is -0.850. The highest BCUT2D eigenvalue weighted by Crippen LogP contribution is 2.17. The number of hydrogen-bond donors (Lipinski definition) is 1. The van der Waals surface area contributed by atoms with Crippen LogP contribution < -0.4 is 5.32 Å². The molecule has 2 aliphatic heterocycles. The summed E-state index contributed by atoms with van der Waals surface area (Å²) in [5.41, 5.74) is 0. The van der Waals surface area contributed by atoms with Crippen molar-refractivity contribution in [3.05, 3.63) is 0 Å². The predicted molar refractivity (Wildman–Crippen MR) is 83.5 cm³/mol. The van der Waals surface area contributed by atoms with Crippen molar-refractivity contribution in [2.45, 2.75) is 12.8 Å². The summed E-state index contributed by atoms with van der Waals surface area (Å²) in [6.45, 7) is 8.15. The fraction of sp³-hybridized carbons (Fsp3) is 0.933. The van der Waals surface area contributed by atoms with E-state index in [1.165, 1.54) is 0 Å². The number of carbonyl (C=O) groups is 1. The second kappa shape index (κ2) is 8.56. The minimum atomic E-state index is 0.103. The first kappa shape index (κ1) is 16.5. The van der Waals surface area contributed by atoms with E-state index in [1.54, 1.807) is 0 Å². The van der Waals surface area contributed by atoms with Gasteiger partial charge >= 0.3 is 6.03 Å². The zero-order chi connectivity index (χ0) is 15.1. The molecule has 2 rings (SSSR count). The zero-order valence-electron chi connectivity index (χ0n) is 13.5. The molecule has 0 atom stereocenters. The van der Waals surface area contributed by atoms with Crippen molar-refractivity contribution in [2.75, 3.05) is 73.1 Å². The second-order valence-electron chi connectivity index (χ2n) is 6.38. The average molecular weight is 298 g/mol. The van der Waals surface area contributed by atoms with Crippen LogP contribution in [0.4, 0.5) is 4.79 Å². The maximum Gasteiger partial charge on any atom is 0.317 e. The number of amides is 2. The summed E-state index contributed by atoms with van der Waals surface area (Å²) in [5, 5.41) is 3.05. The van der Waals surface area contributed by atoms with Gasteiger partial charge in [-0.05, 0) is 32.9 Å². The lowest BCUT2D eigenvalue weighted by Gasteiger charge is -2.33. The van der Waals surface area contributed by atoms with Gasteiger partial charge in [-0.3, -0.25) is 4.90 Å². The number of morpholine rings is 1. The number of likely N-dealkylation sites (tertiary alicyclic amines) is 1. The van der Waals surface area contributed by atoms with E-state index in [1.807, 2.05) is 4.90 Å². The number of piperidine rings is 1. The van der Waals surface area contributed by atoms with Gasteiger partial charge in [0.15, 0.2) is 0 Å². The summed E-state index contributed by atoms with van der Waals surface area (Å²) >= 11 is 0. The van der Waals surface area contributed by atoms with Crippen LogP contribution in [-0.2, 0) is 4.74 Å². The topological polar surface area (TPSA) is 48.0 Å². The molecule has 2 saturated heterocycles. The van der Waals surface area contributed by atoms with Crippen molar-refractivity contribution in [3.8, 4) is 0 Å². The third-order valence-electron chi connectivity index (χ3n) is 4.33. The highest BCUT2D eigenvalue weighted by atomic mass is 16.5. The summed E-state index contributed by atoms with van der Waals surface area (Å²) in [5.74, 6) is 0.734. The second-order valence-corrected chi connectivity index (χ2v) is 6.38. The Balaban J connectivity index is 1.58. The average Bonchev–Trinajstić information content (AvgIpc) is 2.48. The summed E-state index contributed by atoms with van der Waals surface area (Å²) in [6, 6.07) is 0.103. The lowest BCUT2D eigenvalue weighted by atomic mass is 9.97. The Morgan fingerprint density at radius 1 is 1.19 bits per heavy atom. The van der Waals surface area contributed by atoms with E-state index in [4.69, 9.17) is 4.74 Å². The summed E-state index contributed by atoms with van der Waals surface area (Å²) in [6.07, 6.45) is 2.24. The predicted octanol–water partition coefficient (Wildman–Crippen LogP) is 0.302. The standard InChI is InChI=1S/C15H30N4O2/c1-17(2)13-14-3-6-19(7-4-14)15(20)16-5-8-18-9-11-21-12-10-18/h14H,3-13H2,1-2H3,(H,16,20). The Morgan fingerprint density at radius 3 is 2.48 bits per heavy atom. The van der Waals surface area contributed by atoms with Gasteiger partial charge in [0.25, 0.3) is 0 Å². The highest BCUT2D eigenvalue weighted by Gasteiger charge is 2.22. The lowest BCUT2D eigenvalue weighted by Crippen LogP contribution is -2.48. The Morgan fingerprint density at radius 2 is 1.86 bits per heavy atom. The molecule has 21 heavy (non-hydrogen) atoms. The molecule has 0 unspecified atom stereocenters. The molecule has 0 bridgehead atoms. The van der Waals surface area contributed by atoms with E-state index in [0.717, 1.165) is 77.8 Å². The van der Waals surface area contributed by atoms with Gasteiger partial charge in [-0.2, -0.15) is 0 Å². The van der Waals surface area contributed by atoms with Gasteiger partial charge < -0.3 is 19.9 Å². The van der Waals surface area contributed by atoms with Crippen molar-refractivity contribution in [2.24, 2.45) is 5.92 Å². The third kappa shape index (κ3) is 5.80. The number of urea groups is 1. The highest BCUT2D eigenvalue weighted by molar-refractivity contribution is 5.74. The molecule has 0 aromatic carbocycles. The van der Waals surface area contributed by atoms with Gasteiger partial charge in [0.05, 0.1) is 13.2 Å². The number of nitrogens with one attached hydrogen (secondary N) is 1. The van der Waals surface area contributed by atoms with Crippen LogP contribution >= 0.6 is 0 Å². The van der Waals surface area contributed by atoms with E-state index in [0.29, 0.717) is 0 Å². The molecule has 0 radical (unpaired) electrons. The number of hydrogen-bond acceptors (Lipinski definition) is 4. The van der Waals surface area contributed by atoms with Gasteiger partial charge in [0.1, 0.15) is 0 Å². The van der Waals surface area contributed by atoms with Crippen LogP contribution in [0, 0.1) is 5.92 Å². The van der Waals surface area contributed by atoms with Crippen LogP contribution in [0.3, 0.4) is 0 Å². The number of nitrogens with zero attached hydrogens (tertiary/aromatic N) is 3. The quantitative estimate of drug-likeness (QED) is 0.793. The zero-order valence-corrected chi connectivity index (χ0v) is 13.5. The Kier molecular flexibility index (Phi) is 6.73. The van der Waals surface area contributed by atoms with Gasteiger partial charge in [-0.1, -0.05) is 0 Å². The largest absolute Gasteiger partial charge is 0.379 e. The van der Waals surface area contributed by atoms with Crippen molar-refractivity contribution in [1.82, 2.24) is 20.0 Å². The monoisotopic (exact) mass is 298 g/mol. The van der Waals surface area contributed by atoms with Gasteiger partial charge in [-0.25, -0.2) is 4.79 Å². The van der Waals surface area contributed by atoms with Gasteiger partial charge in [0.2, 0.25) is 0 Å². The van der Waals surface area contributed by atoms with E-state index >= 15 is 0 Å². The smallest absolute Gasteiger partial charge is 0.317 e. The maximum atomic E-state index is 12.1. The molecule has 1 N–H and O–H groups in total. The van der Waals surface area contributed by atoms with Crippen molar-refractivity contribution in [3.63, 3.8) is 0 Å². The molecule has 2 fully saturated rings. The summed E-state index contributed by atoms with van der Waals surface area (Å²) in [7, 11) is 4.23. The summed E-state index contributed by atoms with van der Waals surface area (Å²) < 4.78 is 5.32. The number of ether oxygens (including phenoxy) is 1. The van der Waals surface area contributed by atoms with Crippen LogP contribution in [0.25, 0.3) is 0 Å². The molecule has 0 aromatic heterocycles. The van der Waals surface area contributed by atoms with Crippen LogP contribution in [-0.4, -0.2) is 93.9 Å². The SMILES string of the molecule is CN(C)CC1CCN(C(=O)NCCN2CCOCC2)CC1. The summed E-state index contributed by atoms with van der Waals surface area (Å²) in [4.78, 5) is 18.7. The van der Waals surface area contributed by atoms with Crippen LogP contribution in [0.5, 0.6) is 0 Å². The molecule has 0 aliphatic carbocycles. The van der Waals surface area contributed by atoms with Crippen LogP contribution in [0.2, 0.25) is 0 Å². The first-order valence-corrected chi connectivity index (χ1v) is 8.13. The molecule has 0 aromatic rings. The normalized spacial score (nSPS) is 21.8. The van der Waals surface area contributed by atoms with Gasteiger partial charge in [-0.15, -0.1) is 0 Å². The first-order valence-electron chi connectivity index (χ1n) is 8.13. The van der Waals surface area contributed by atoms with E-state index in [9.17, 15) is 4.79 Å². The molecule has 6 heteroatoms. The van der Waals surface area contributed by atoms with Crippen molar-refractivity contribution >= 4 is 6.03 Å². The lowest BCUT2D eigenvalue weighted by molar-refractivity contribution is 0.0385. The molecule has 122 valence electrons. The van der Waals surface area contributed by atoms with Crippen molar-refractivity contribution in [1.29, 1.82) is 0 Å². The molecule has 0 spiro atoms. The molecule has 2 heterocycles. The van der Waals surface area contributed by atoms with Crippen LogP contribution in [0.15, 0.2) is 0 Å². The van der Waals surface area contributed by atoms with E-state index in [2.05, 4.69) is 29.2 Å². The minimum Gasteiger partial charge on any atom is -0.379 e. The maximum absolute atomic E-state index is 12.1. The fourth-order valence-electron chi connectivity index (χ4n) is 3.09. The fourth-order valence-corrected chi connectivity index (χ4v) is 3.09. The molecule has 2 aliphatic rings. The van der Waals surface area contributed by atoms with Crippen molar-refractivity contribution < 1.29 is 9.53 Å². The number of rotatable bonds is 5. The molecule has 0 saturated carbocycles. The van der Waals surface area contributed by atoms with E-state index in [-0.39, 0.29) is 6.03 Å². The molecule has 2 amide bonds. The third-order valence-corrected chi connectivity index (χ3v) is 4.33. The molecular weight excluding hydrogens is 268 g/mol. The van der Waals surface area contributed by atoms with E-state index < -0.39 is 0 Å². The Labute approximate surface area is 128 Å².